The predicted octanol–water partition coefficient (Wildman–Crippen LogP) is 1.97. The van der Waals surface area contributed by atoms with Crippen molar-refractivity contribution in [2.45, 2.75) is 45.8 Å². The fourth-order valence-electron chi connectivity index (χ4n) is 2.41. The molecule has 1 amide bonds. The van der Waals surface area contributed by atoms with Gasteiger partial charge in [0.2, 0.25) is 5.91 Å². The third-order valence-electron chi connectivity index (χ3n) is 3.27. The minimum absolute atomic E-state index is 0.0396. The SMILES string of the molecule is CCn1c(C(C)NC(=O)CC(C)N)nc2ccccc21. The zero-order chi connectivity index (χ0) is 14.7. The molecule has 1 aromatic heterocycles. The van der Waals surface area contributed by atoms with E-state index in [1.807, 2.05) is 38.1 Å². The van der Waals surface area contributed by atoms with Crippen LogP contribution < -0.4 is 11.1 Å². The van der Waals surface area contributed by atoms with Crippen LogP contribution in [0.3, 0.4) is 0 Å². The van der Waals surface area contributed by atoms with Gasteiger partial charge in [0.15, 0.2) is 0 Å². The van der Waals surface area contributed by atoms with E-state index >= 15 is 0 Å². The molecule has 0 saturated heterocycles. The van der Waals surface area contributed by atoms with Crippen LogP contribution in [0.25, 0.3) is 11.0 Å². The van der Waals surface area contributed by atoms with Gasteiger partial charge in [-0.15, -0.1) is 0 Å². The molecule has 5 heteroatoms. The lowest BCUT2D eigenvalue weighted by Gasteiger charge is -2.16. The fraction of sp³-hybridized carbons (Fsp3) is 0.467. The number of hydrogen-bond acceptors (Lipinski definition) is 3. The smallest absolute Gasteiger partial charge is 0.222 e. The second kappa shape index (κ2) is 6.05. The van der Waals surface area contributed by atoms with Gasteiger partial charge in [0, 0.05) is 19.0 Å². The molecule has 2 unspecified atom stereocenters. The summed E-state index contributed by atoms with van der Waals surface area (Å²) < 4.78 is 2.13. The zero-order valence-corrected chi connectivity index (χ0v) is 12.3. The number of benzene rings is 1. The molecule has 5 nitrogen and oxygen atoms in total. The van der Waals surface area contributed by atoms with Gasteiger partial charge in [0.05, 0.1) is 17.1 Å². The minimum Gasteiger partial charge on any atom is -0.346 e. The van der Waals surface area contributed by atoms with Gasteiger partial charge in [-0.25, -0.2) is 4.98 Å². The standard InChI is InChI=1S/C15H22N4O/c1-4-19-13-8-6-5-7-12(13)18-15(19)11(3)17-14(20)9-10(2)16/h5-8,10-11H,4,9,16H2,1-3H3,(H,17,20). The van der Waals surface area contributed by atoms with Gasteiger partial charge >= 0.3 is 0 Å². The Hall–Kier alpha value is -1.88. The number of imidazole rings is 1. The Labute approximate surface area is 119 Å². The minimum atomic E-state index is -0.132. The molecular formula is C15H22N4O. The Morgan fingerprint density at radius 2 is 2.10 bits per heavy atom. The topological polar surface area (TPSA) is 72.9 Å². The summed E-state index contributed by atoms with van der Waals surface area (Å²) in [7, 11) is 0. The van der Waals surface area contributed by atoms with Crippen LogP contribution in [0.4, 0.5) is 0 Å². The number of nitrogens with one attached hydrogen (secondary N) is 1. The number of nitrogens with zero attached hydrogens (tertiary/aromatic N) is 2. The van der Waals surface area contributed by atoms with Crippen LogP contribution in [0, 0.1) is 0 Å². The van der Waals surface area contributed by atoms with E-state index < -0.39 is 0 Å². The molecule has 0 spiro atoms. The highest BCUT2D eigenvalue weighted by molar-refractivity contribution is 5.78. The molecule has 0 aliphatic rings. The first kappa shape index (κ1) is 14.5. The Bertz CT molecular complexity index is 603. The molecule has 2 aromatic rings. The second-order valence-corrected chi connectivity index (χ2v) is 5.17. The number of nitrogens with two attached hydrogens (primary N) is 1. The highest BCUT2D eigenvalue weighted by atomic mass is 16.1. The van der Waals surface area contributed by atoms with Crippen molar-refractivity contribution in [2.24, 2.45) is 5.73 Å². The first-order valence-corrected chi connectivity index (χ1v) is 7.03. The second-order valence-electron chi connectivity index (χ2n) is 5.17. The van der Waals surface area contributed by atoms with E-state index in [9.17, 15) is 4.79 Å². The Morgan fingerprint density at radius 3 is 2.75 bits per heavy atom. The number of aromatic nitrogens is 2. The average Bonchev–Trinajstić information content (AvgIpc) is 2.76. The molecule has 1 aromatic carbocycles. The van der Waals surface area contributed by atoms with Crippen molar-refractivity contribution in [1.82, 2.24) is 14.9 Å². The monoisotopic (exact) mass is 274 g/mol. The lowest BCUT2D eigenvalue weighted by molar-refractivity contribution is -0.122. The fourth-order valence-corrected chi connectivity index (χ4v) is 2.41. The molecule has 0 radical (unpaired) electrons. The van der Waals surface area contributed by atoms with E-state index in [0.717, 1.165) is 23.4 Å². The van der Waals surface area contributed by atoms with Crippen LogP contribution in [0.15, 0.2) is 24.3 Å². The van der Waals surface area contributed by atoms with Crippen LogP contribution in [-0.2, 0) is 11.3 Å². The van der Waals surface area contributed by atoms with Gasteiger partial charge in [0.1, 0.15) is 5.82 Å². The van der Waals surface area contributed by atoms with E-state index in [2.05, 4.69) is 21.8 Å². The number of carbonyl (C=O) groups is 1. The summed E-state index contributed by atoms with van der Waals surface area (Å²) in [5.41, 5.74) is 7.70. The summed E-state index contributed by atoms with van der Waals surface area (Å²) in [6.07, 6.45) is 0.330. The molecule has 2 atom stereocenters. The lowest BCUT2D eigenvalue weighted by Crippen LogP contribution is -2.32. The Morgan fingerprint density at radius 1 is 1.40 bits per heavy atom. The van der Waals surface area contributed by atoms with E-state index in [1.165, 1.54) is 0 Å². The maximum atomic E-state index is 11.8. The van der Waals surface area contributed by atoms with Crippen LogP contribution in [0.1, 0.15) is 39.1 Å². The molecule has 20 heavy (non-hydrogen) atoms. The molecule has 3 N–H and O–H groups in total. The van der Waals surface area contributed by atoms with Gasteiger partial charge < -0.3 is 15.6 Å². The van der Waals surface area contributed by atoms with Crippen molar-refractivity contribution in [3.63, 3.8) is 0 Å². The molecule has 0 aliphatic carbocycles. The highest BCUT2D eigenvalue weighted by Gasteiger charge is 2.17. The summed E-state index contributed by atoms with van der Waals surface area (Å²) >= 11 is 0. The van der Waals surface area contributed by atoms with Gasteiger partial charge in [-0.2, -0.15) is 0 Å². The summed E-state index contributed by atoms with van der Waals surface area (Å²) in [5, 5.41) is 2.96. The predicted molar refractivity (Wildman–Crippen MR) is 80.2 cm³/mol. The van der Waals surface area contributed by atoms with Crippen LogP contribution >= 0.6 is 0 Å². The number of aryl methyl sites for hydroxylation is 1. The molecule has 0 fully saturated rings. The first-order chi connectivity index (χ1) is 9.52. The molecule has 108 valence electrons. The number of para-hydroxylation sites is 2. The van der Waals surface area contributed by atoms with Crippen molar-refractivity contribution in [3.8, 4) is 0 Å². The largest absolute Gasteiger partial charge is 0.346 e. The Kier molecular flexibility index (Phi) is 4.39. The van der Waals surface area contributed by atoms with Crippen LogP contribution in [-0.4, -0.2) is 21.5 Å². The van der Waals surface area contributed by atoms with Crippen molar-refractivity contribution in [2.75, 3.05) is 0 Å². The summed E-state index contributed by atoms with van der Waals surface area (Å²) in [6.45, 7) is 6.68. The summed E-state index contributed by atoms with van der Waals surface area (Å²) in [4.78, 5) is 16.5. The summed E-state index contributed by atoms with van der Waals surface area (Å²) in [6, 6.07) is 7.74. The number of carbonyl (C=O) groups excluding carboxylic acids is 1. The summed E-state index contributed by atoms with van der Waals surface area (Å²) in [5.74, 6) is 0.842. The van der Waals surface area contributed by atoms with Crippen LogP contribution in [0.5, 0.6) is 0 Å². The van der Waals surface area contributed by atoms with Crippen molar-refractivity contribution >= 4 is 16.9 Å². The zero-order valence-electron chi connectivity index (χ0n) is 12.3. The molecule has 2 rings (SSSR count). The highest BCUT2D eigenvalue weighted by Crippen LogP contribution is 2.20. The first-order valence-electron chi connectivity index (χ1n) is 7.03. The molecular weight excluding hydrogens is 252 g/mol. The van der Waals surface area contributed by atoms with Crippen molar-refractivity contribution in [1.29, 1.82) is 0 Å². The lowest BCUT2D eigenvalue weighted by atomic mass is 10.2. The third-order valence-corrected chi connectivity index (χ3v) is 3.27. The van der Waals surface area contributed by atoms with Crippen molar-refractivity contribution in [3.05, 3.63) is 30.1 Å². The van der Waals surface area contributed by atoms with E-state index in [0.29, 0.717) is 6.42 Å². The van der Waals surface area contributed by atoms with Gasteiger partial charge in [-0.3, -0.25) is 4.79 Å². The quantitative estimate of drug-likeness (QED) is 0.875. The number of hydrogen-bond donors (Lipinski definition) is 2. The van der Waals surface area contributed by atoms with E-state index in [-0.39, 0.29) is 18.0 Å². The number of amides is 1. The van der Waals surface area contributed by atoms with E-state index in [1.54, 1.807) is 0 Å². The average molecular weight is 274 g/mol. The maximum Gasteiger partial charge on any atom is 0.222 e. The molecule has 0 aliphatic heterocycles. The third kappa shape index (κ3) is 2.99. The van der Waals surface area contributed by atoms with Crippen molar-refractivity contribution < 1.29 is 4.79 Å². The Balaban J connectivity index is 2.25. The normalized spacial score (nSPS) is 14.2. The van der Waals surface area contributed by atoms with E-state index in [4.69, 9.17) is 5.73 Å². The van der Waals surface area contributed by atoms with Gasteiger partial charge in [-0.1, -0.05) is 12.1 Å². The molecule has 0 saturated carbocycles. The maximum absolute atomic E-state index is 11.8. The number of fused-ring (bicyclic) bond motifs is 1. The molecule has 1 heterocycles. The number of rotatable bonds is 5. The van der Waals surface area contributed by atoms with Gasteiger partial charge in [0.25, 0.3) is 0 Å². The molecule has 0 bridgehead atoms. The van der Waals surface area contributed by atoms with Gasteiger partial charge in [-0.05, 0) is 32.9 Å². The van der Waals surface area contributed by atoms with Crippen LogP contribution in [0.2, 0.25) is 0 Å².